The summed E-state index contributed by atoms with van der Waals surface area (Å²) in [7, 11) is 1.38. The van der Waals surface area contributed by atoms with Gasteiger partial charge in [-0.25, -0.2) is 4.98 Å². The van der Waals surface area contributed by atoms with Gasteiger partial charge in [0.25, 0.3) is 0 Å². The Hall–Kier alpha value is -1.61. The summed E-state index contributed by atoms with van der Waals surface area (Å²) in [4.78, 5) is 15.7. The first-order chi connectivity index (χ1) is 10.6. The van der Waals surface area contributed by atoms with Gasteiger partial charge < -0.3 is 20.3 Å². The zero-order valence-corrected chi connectivity index (χ0v) is 13.1. The summed E-state index contributed by atoms with van der Waals surface area (Å²) in [6.07, 6.45) is -1.62. The van der Waals surface area contributed by atoms with Gasteiger partial charge in [-0.15, -0.1) is 0 Å². The van der Waals surface area contributed by atoms with Crippen molar-refractivity contribution in [3.63, 3.8) is 0 Å². The number of amides is 1. The third-order valence-corrected chi connectivity index (χ3v) is 4.30. The van der Waals surface area contributed by atoms with E-state index < -0.39 is 29.6 Å². The van der Waals surface area contributed by atoms with Crippen LogP contribution >= 0.6 is 0 Å². The van der Waals surface area contributed by atoms with E-state index in [1.165, 1.54) is 19.4 Å². The molecular weight excluding hydrogens is 313 g/mol. The number of imidazole rings is 1. The van der Waals surface area contributed by atoms with Gasteiger partial charge in [-0.1, -0.05) is 0 Å². The van der Waals surface area contributed by atoms with Crippen molar-refractivity contribution < 1.29 is 23.1 Å². The third kappa shape index (κ3) is 3.35. The Bertz CT molecular complexity index is 567. The fraction of sp³-hybridized carbons (Fsp3) is 0.714. The fourth-order valence-corrected chi connectivity index (χ4v) is 2.78. The molecule has 2 heterocycles. The van der Waals surface area contributed by atoms with Crippen molar-refractivity contribution in [1.82, 2.24) is 20.2 Å². The molecule has 1 aromatic heterocycles. The SMILES string of the molecule is Cn1ccnc1C(O)(CCNC(=O)C1(C)CCCN1)C(F)(F)F. The number of aromatic nitrogens is 2. The quantitative estimate of drug-likeness (QED) is 0.745. The maximum atomic E-state index is 13.3. The molecule has 6 nitrogen and oxygen atoms in total. The lowest BCUT2D eigenvalue weighted by atomic mass is 9.96. The zero-order chi connectivity index (χ0) is 17.3. The van der Waals surface area contributed by atoms with Crippen LogP contribution in [0.3, 0.4) is 0 Å². The molecule has 0 bridgehead atoms. The van der Waals surface area contributed by atoms with Crippen LogP contribution in [0.15, 0.2) is 12.4 Å². The molecular formula is C14H21F3N4O2. The molecule has 130 valence electrons. The van der Waals surface area contributed by atoms with Crippen LogP contribution in [0.5, 0.6) is 0 Å². The van der Waals surface area contributed by atoms with Gasteiger partial charge >= 0.3 is 6.18 Å². The predicted molar refractivity (Wildman–Crippen MR) is 76.4 cm³/mol. The highest BCUT2D eigenvalue weighted by atomic mass is 19.4. The standard InChI is InChI=1S/C14H21F3N4O2/c1-12(4-3-6-20-12)11(22)19-7-5-13(23,14(15,16)17)10-18-8-9-21(10)2/h8-9,20,23H,3-7H2,1-2H3,(H,19,22). The number of alkyl halides is 3. The number of carbonyl (C=O) groups is 1. The third-order valence-electron chi connectivity index (χ3n) is 4.30. The van der Waals surface area contributed by atoms with Crippen LogP contribution in [0, 0.1) is 0 Å². The molecule has 2 unspecified atom stereocenters. The number of hydrogen-bond donors (Lipinski definition) is 3. The van der Waals surface area contributed by atoms with Gasteiger partial charge in [0.2, 0.25) is 11.5 Å². The molecule has 0 aromatic carbocycles. The summed E-state index contributed by atoms with van der Waals surface area (Å²) >= 11 is 0. The van der Waals surface area contributed by atoms with E-state index in [0.29, 0.717) is 13.0 Å². The number of hydrogen-bond acceptors (Lipinski definition) is 4. The molecule has 3 N–H and O–H groups in total. The highest BCUT2D eigenvalue weighted by Crippen LogP contribution is 2.40. The molecule has 9 heteroatoms. The van der Waals surface area contributed by atoms with Gasteiger partial charge in [-0.2, -0.15) is 13.2 Å². The van der Waals surface area contributed by atoms with Gasteiger partial charge in [0.1, 0.15) is 5.82 Å². The Kier molecular flexibility index (Phi) is 4.72. The van der Waals surface area contributed by atoms with E-state index >= 15 is 0 Å². The highest BCUT2D eigenvalue weighted by Gasteiger charge is 2.57. The van der Waals surface area contributed by atoms with Crippen LogP contribution in [0.4, 0.5) is 13.2 Å². The maximum absolute atomic E-state index is 13.3. The molecule has 1 fully saturated rings. The summed E-state index contributed by atoms with van der Waals surface area (Å²) in [6, 6.07) is 0. The van der Waals surface area contributed by atoms with Crippen LogP contribution < -0.4 is 10.6 Å². The van der Waals surface area contributed by atoms with E-state index in [2.05, 4.69) is 15.6 Å². The van der Waals surface area contributed by atoms with Crippen LogP contribution in [0.25, 0.3) is 0 Å². The number of nitrogens with zero attached hydrogens (tertiary/aromatic N) is 2. The molecule has 0 radical (unpaired) electrons. The monoisotopic (exact) mass is 334 g/mol. The van der Waals surface area contributed by atoms with E-state index in [0.717, 1.165) is 11.0 Å². The van der Waals surface area contributed by atoms with Gasteiger partial charge in [-0.3, -0.25) is 4.79 Å². The van der Waals surface area contributed by atoms with Crippen molar-refractivity contribution in [1.29, 1.82) is 0 Å². The minimum Gasteiger partial charge on any atom is -0.374 e. The maximum Gasteiger partial charge on any atom is 0.424 e. The minimum absolute atomic E-state index is 0.307. The number of nitrogens with one attached hydrogen (secondary N) is 2. The summed E-state index contributed by atoms with van der Waals surface area (Å²) in [5.74, 6) is -0.858. The highest BCUT2D eigenvalue weighted by molar-refractivity contribution is 5.86. The molecule has 1 aliphatic rings. The Labute approximate surface area is 132 Å². The summed E-state index contributed by atoms with van der Waals surface area (Å²) < 4.78 is 41.1. The van der Waals surface area contributed by atoms with Crippen molar-refractivity contribution in [2.24, 2.45) is 7.05 Å². The number of aryl methyl sites for hydroxylation is 1. The lowest BCUT2D eigenvalue weighted by Gasteiger charge is -2.30. The van der Waals surface area contributed by atoms with E-state index in [9.17, 15) is 23.1 Å². The molecule has 0 saturated carbocycles. The summed E-state index contributed by atoms with van der Waals surface area (Å²) in [6.45, 7) is 2.10. The van der Waals surface area contributed by atoms with E-state index in [1.807, 2.05) is 0 Å². The average molecular weight is 334 g/mol. The predicted octanol–water partition coefficient (Wildman–Crippen LogP) is 0.818. The molecule has 1 saturated heterocycles. The second-order valence-corrected chi connectivity index (χ2v) is 6.09. The largest absolute Gasteiger partial charge is 0.424 e. The fourth-order valence-electron chi connectivity index (χ4n) is 2.78. The topological polar surface area (TPSA) is 79.2 Å². The first-order valence-corrected chi connectivity index (χ1v) is 7.40. The Morgan fingerprint density at radius 1 is 1.57 bits per heavy atom. The molecule has 1 amide bonds. The number of carbonyl (C=O) groups excluding carboxylic acids is 1. The second-order valence-electron chi connectivity index (χ2n) is 6.09. The number of aliphatic hydroxyl groups is 1. The van der Waals surface area contributed by atoms with Crippen LogP contribution in [-0.4, -0.2) is 45.4 Å². The Balaban J connectivity index is 2.06. The van der Waals surface area contributed by atoms with E-state index in [1.54, 1.807) is 6.92 Å². The van der Waals surface area contributed by atoms with Crippen molar-refractivity contribution in [2.45, 2.75) is 43.5 Å². The van der Waals surface area contributed by atoms with Crippen molar-refractivity contribution >= 4 is 5.91 Å². The smallest absolute Gasteiger partial charge is 0.374 e. The average Bonchev–Trinajstić information content (AvgIpc) is 3.07. The number of halogens is 3. The normalized spacial score (nSPS) is 24.4. The molecule has 0 spiro atoms. The van der Waals surface area contributed by atoms with E-state index in [-0.39, 0.29) is 12.5 Å². The lowest BCUT2D eigenvalue weighted by Crippen LogP contribution is -2.53. The lowest BCUT2D eigenvalue weighted by molar-refractivity contribution is -0.272. The second kappa shape index (κ2) is 6.12. The molecule has 2 rings (SSSR count). The van der Waals surface area contributed by atoms with Gasteiger partial charge in [0, 0.05) is 32.4 Å². The first-order valence-electron chi connectivity index (χ1n) is 7.40. The minimum atomic E-state index is -4.90. The Morgan fingerprint density at radius 2 is 2.26 bits per heavy atom. The molecule has 2 atom stereocenters. The van der Waals surface area contributed by atoms with Gasteiger partial charge in [0.05, 0.1) is 5.54 Å². The van der Waals surface area contributed by atoms with Crippen molar-refractivity contribution in [3.8, 4) is 0 Å². The Morgan fingerprint density at radius 3 is 2.74 bits per heavy atom. The number of rotatable bonds is 5. The summed E-state index contributed by atoms with van der Waals surface area (Å²) in [5, 5.41) is 15.7. The molecule has 23 heavy (non-hydrogen) atoms. The van der Waals surface area contributed by atoms with Crippen molar-refractivity contribution in [3.05, 3.63) is 18.2 Å². The van der Waals surface area contributed by atoms with Gasteiger partial charge in [0.15, 0.2) is 0 Å². The molecule has 1 aromatic rings. The summed E-state index contributed by atoms with van der Waals surface area (Å²) in [5.41, 5.74) is -3.87. The van der Waals surface area contributed by atoms with Crippen LogP contribution in [0.1, 0.15) is 32.0 Å². The molecule has 1 aliphatic heterocycles. The molecule has 0 aliphatic carbocycles. The van der Waals surface area contributed by atoms with Crippen LogP contribution in [-0.2, 0) is 17.4 Å². The van der Waals surface area contributed by atoms with Crippen LogP contribution in [0.2, 0.25) is 0 Å². The van der Waals surface area contributed by atoms with Crippen molar-refractivity contribution in [2.75, 3.05) is 13.1 Å². The van der Waals surface area contributed by atoms with E-state index in [4.69, 9.17) is 0 Å². The first kappa shape index (κ1) is 17.7. The van der Waals surface area contributed by atoms with Gasteiger partial charge in [-0.05, 0) is 26.3 Å². The zero-order valence-electron chi connectivity index (χ0n) is 13.1.